The molecular weight excluding hydrogens is 393 g/mol. The Morgan fingerprint density at radius 3 is 2.61 bits per heavy atom. The van der Waals surface area contributed by atoms with Crippen molar-refractivity contribution in [3.05, 3.63) is 76.9 Å². The minimum atomic E-state index is -0.646. The fourth-order valence-electron chi connectivity index (χ4n) is 4.67. The molecule has 1 N–H and O–H groups in total. The van der Waals surface area contributed by atoms with Crippen LogP contribution in [-0.4, -0.2) is 32.7 Å². The number of nitrogens with one attached hydrogen (secondary N) is 1. The van der Waals surface area contributed by atoms with E-state index in [2.05, 4.69) is 52.0 Å². The van der Waals surface area contributed by atoms with Crippen LogP contribution >= 0.6 is 0 Å². The first-order chi connectivity index (χ1) is 15.0. The van der Waals surface area contributed by atoms with E-state index in [1.807, 2.05) is 6.07 Å². The predicted molar refractivity (Wildman–Crippen MR) is 116 cm³/mol. The molecule has 3 aromatic rings. The van der Waals surface area contributed by atoms with E-state index in [-0.39, 0.29) is 17.1 Å². The molecule has 0 bridgehead atoms. The summed E-state index contributed by atoms with van der Waals surface area (Å²) < 4.78 is 15.2. The zero-order valence-corrected chi connectivity index (χ0v) is 18.0. The summed E-state index contributed by atoms with van der Waals surface area (Å²) in [4.78, 5) is 13.4. The summed E-state index contributed by atoms with van der Waals surface area (Å²) in [6.45, 7) is 4.42. The van der Waals surface area contributed by atoms with E-state index in [1.54, 1.807) is 13.0 Å². The van der Waals surface area contributed by atoms with Crippen molar-refractivity contribution in [1.29, 1.82) is 0 Å². The number of aryl methyl sites for hydroxylation is 2. The van der Waals surface area contributed by atoms with Gasteiger partial charge in [0.1, 0.15) is 17.7 Å². The van der Waals surface area contributed by atoms with Gasteiger partial charge in [-0.3, -0.25) is 4.79 Å². The molecule has 1 unspecified atom stereocenters. The predicted octanol–water partition coefficient (Wildman–Crippen LogP) is 3.84. The Morgan fingerprint density at radius 1 is 1.16 bits per heavy atom. The molecule has 162 valence electrons. The first kappa shape index (κ1) is 21.2. The Kier molecular flexibility index (Phi) is 6.11. The molecule has 1 aromatic heterocycles. The van der Waals surface area contributed by atoms with Crippen LogP contribution in [0.25, 0.3) is 0 Å². The molecule has 0 saturated heterocycles. The van der Waals surface area contributed by atoms with Crippen LogP contribution in [0, 0.1) is 19.7 Å². The maximum atomic E-state index is 13.7. The largest absolute Gasteiger partial charge is 0.353 e. The molecule has 1 amide bonds. The van der Waals surface area contributed by atoms with Crippen molar-refractivity contribution in [2.75, 3.05) is 6.54 Å². The maximum Gasteiger partial charge on any atom is 0.245 e. The third-order valence-corrected chi connectivity index (χ3v) is 6.37. The van der Waals surface area contributed by atoms with Crippen LogP contribution in [0.2, 0.25) is 0 Å². The summed E-state index contributed by atoms with van der Waals surface area (Å²) in [7, 11) is 0. The van der Waals surface area contributed by atoms with E-state index < -0.39 is 6.04 Å². The van der Waals surface area contributed by atoms with Crippen LogP contribution in [-0.2, 0) is 16.6 Å². The van der Waals surface area contributed by atoms with Gasteiger partial charge in [-0.25, -0.2) is 9.07 Å². The number of carbonyl (C=O) groups is 1. The SMILES string of the molecule is Cc1cccc(C2(CNC(=O)C(Cc3cccc(F)c3)n3nnnc3C)CCCC2)c1. The van der Waals surface area contributed by atoms with Gasteiger partial charge >= 0.3 is 0 Å². The van der Waals surface area contributed by atoms with Gasteiger partial charge in [0.25, 0.3) is 0 Å². The highest BCUT2D eigenvalue weighted by Crippen LogP contribution is 2.41. The van der Waals surface area contributed by atoms with E-state index in [1.165, 1.54) is 27.9 Å². The van der Waals surface area contributed by atoms with Crippen LogP contribution in [0.1, 0.15) is 54.2 Å². The van der Waals surface area contributed by atoms with Crippen LogP contribution in [0.15, 0.2) is 48.5 Å². The number of hydrogen-bond donors (Lipinski definition) is 1. The molecule has 1 saturated carbocycles. The Balaban J connectivity index is 1.56. The van der Waals surface area contributed by atoms with Crippen molar-refractivity contribution < 1.29 is 9.18 Å². The second-order valence-electron chi connectivity index (χ2n) is 8.60. The molecule has 0 radical (unpaired) electrons. The molecule has 31 heavy (non-hydrogen) atoms. The third-order valence-electron chi connectivity index (χ3n) is 6.37. The number of amides is 1. The second-order valence-corrected chi connectivity index (χ2v) is 8.60. The van der Waals surface area contributed by atoms with Crippen molar-refractivity contribution in [3.63, 3.8) is 0 Å². The Morgan fingerprint density at radius 2 is 1.94 bits per heavy atom. The molecule has 1 fully saturated rings. The number of rotatable bonds is 7. The van der Waals surface area contributed by atoms with Gasteiger partial charge < -0.3 is 5.32 Å². The summed E-state index contributed by atoms with van der Waals surface area (Å²) in [6.07, 6.45) is 4.72. The van der Waals surface area contributed by atoms with Crippen LogP contribution in [0.4, 0.5) is 4.39 Å². The number of carbonyl (C=O) groups excluding carboxylic acids is 1. The van der Waals surface area contributed by atoms with Gasteiger partial charge in [0.15, 0.2) is 0 Å². The van der Waals surface area contributed by atoms with Crippen LogP contribution < -0.4 is 5.32 Å². The monoisotopic (exact) mass is 421 g/mol. The molecule has 7 heteroatoms. The van der Waals surface area contributed by atoms with Crippen molar-refractivity contribution in [1.82, 2.24) is 25.5 Å². The zero-order chi connectivity index (χ0) is 21.8. The van der Waals surface area contributed by atoms with Gasteiger partial charge in [-0.15, -0.1) is 5.10 Å². The average molecular weight is 422 g/mol. The highest BCUT2D eigenvalue weighted by Gasteiger charge is 2.37. The molecule has 4 rings (SSSR count). The fourth-order valence-corrected chi connectivity index (χ4v) is 4.67. The van der Waals surface area contributed by atoms with E-state index in [4.69, 9.17) is 0 Å². The van der Waals surface area contributed by atoms with Gasteiger partial charge in [0, 0.05) is 18.4 Å². The normalized spacial score (nSPS) is 16.2. The molecule has 0 aliphatic heterocycles. The molecule has 1 heterocycles. The molecule has 2 aromatic carbocycles. The molecule has 1 aliphatic rings. The Hall–Kier alpha value is -3.09. The summed E-state index contributed by atoms with van der Waals surface area (Å²) in [5, 5.41) is 14.8. The number of halogens is 1. The molecular formula is C24H28FN5O. The van der Waals surface area contributed by atoms with E-state index in [0.717, 1.165) is 31.2 Å². The first-order valence-corrected chi connectivity index (χ1v) is 10.8. The number of aromatic nitrogens is 4. The van der Waals surface area contributed by atoms with Gasteiger partial charge in [0.05, 0.1) is 0 Å². The lowest BCUT2D eigenvalue weighted by molar-refractivity contribution is -0.125. The number of tetrazole rings is 1. The lowest BCUT2D eigenvalue weighted by Gasteiger charge is -2.31. The van der Waals surface area contributed by atoms with Crippen molar-refractivity contribution >= 4 is 5.91 Å². The van der Waals surface area contributed by atoms with Crippen molar-refractivity contribution in [3.8, 4) is 0 Å². The smallest absolute Gasteiger partial charge is 0.245 e. The standard InChI is InChI=1S/C24H28FN5O/c1-17-7-5-9-20(13-17)24(11-3-4-12-24)16-26-23(31)22(30-18(2)27-28-29-30)15-19-8-6-10-21(25)14-19/h5-10,13-14,22H,3-4,11-12,15-16H2,1-2H3,(H,26,31). The lowest BCUT2D eigenvalue weighted by Crippen LogP contribution is -2.43. The minimum absolute atomic E-state index is 0.0548. The van der Waals surface area contributed by atoms with Crippen molar-refractivity contribution in [2.24, 2.45) is 0 Å². The van der Waals surface area contributed by atoms with Gasteiger partial charge in [-0.1, -0.05) is 54.8 Å². The zero-order valence-electron chi connectivity index (χ0n) is 18.0. The number of hydrogen-bond acceptors (Lipinski definition) is 4. The van der Waals surface area contributed by atoms with E-state index >= 15 is 0 Å². The van der Waals surface area contributed by atoms with Crippen LogP contribution in [0.5, 0.6) is 0 Å². The molecule has 1 atom stereocenters. The quantitative estimate of drug-likeness (QED) is 0.629. The maximum absolute atomic E-state index is 13.7. The first-order valence-electron chi connectivity index (χ1n) is 10.8. The van der Waals surface area contributed by atoms with E-state index in [0.29, 0.717) is 18.8 Å². The second kappa shape index (κ2) is 8.96. The fraction of sp³-hybridized carbons (Fsp3) is 0.417. The summed E-state index contributed by atoms with van der Waals surface area (Å²) in [6, 6.07) is 14.2. The molecule has 0 spiro atoms. The Labute approximate surface area is 181 Å². The van der Waals surface area contributed by atoms with E-state index in [9.17, 15) is 9.18 Å². The summed E-state index contributed by atoms with van der Waals surface area (Å²) in [5.74, 6) is 0.0684. The number of benzene rings is 2. The highest BCUT2D eigenvalue weighted by atomic mass is 19.1. The molecule has 1 aliphatic carbocycles. The van der Waals surface area contributed by atoms with Crippen molar-refractivity contribution in [2.45, 2.75) is 57.4 Å². The van der Waals surface area contributed by atoms with Gasteiger partial charge in [0.2, 0.25) is 5.91 Å². The minimum Gasteiger partial charge on any atom is -0.353 e. The summed E-state index contributed by atoms with van der Waals surface area (Å²) in [5.41, 5.74) is 3.18. The average Bonchev–Trinajstić information content (AvgIpc) is 3.40. The Bertz CT molecular complexity index is 1060. The topological polar surface area (TPSA) is 72.7 Å². The lowest BCUT2D eigenvalue weighted by atomic mass is 9.78. The third kappa shape index (κ3) is 4.65. The van der Waals surface area contributed by atoms with Gasteiger partial charge in [-0.05, 0) is 60.4 Å². The van der Waals surface area contributed by atoms with Gasteiger partial charge in [-0.2, -0.15) is 0 Å². The molecule has 6 nitrogen and oxygen atoms in total. The number of nitrogens with zero attached hydrogens (tertiary/aromatic N) is 4. The highest BCUT2D eigenvalue weighted by molar-refractivity contribution is 5.80. The summed E-state index contributed by atoms with van der Waals surface area (Å²) >= 11 is 0. The van der Waals surface area contributed by atoms with Crippen LogP contribution in [0.3, 0.4) is 0 Å².